The number of nitrogens with two attached hydrogens (primary N) is 1. The minimum atomic E-state index is 0.293. The Labute approximate surface area is 83.5 Å². The quantitative estimate of drug-likeness (QED) is 0.688. The highest BCUT2D eigenvalue weighted by molar-refractivity contribution is 4.72. The van der Waals surface area contributed by atoms with Crippen LogP contribution in [0.2, 0.25) is 0 Å². The molecule has 1 atom stereocenters. The average molecular weight is 186 g/mol. The fourth-order valence-corrected chi connectivity index (χ4v) is 1.11. The summed E-state index contributed by atoms with van der Waals surface area (Å²) in [5.41, 5.74) is 5.98. The summed E-state index contributed by atoms with van der Waals surface area (Å²) < 4.78 is 0. The topological polar surface area (TPSA) is 29.3 Å². The Bertz CT molecular complexity index is 132. The zero-order valence-corrected chi connectivity index (χ0v) is 9.93. The van der Waals surface area contributed by atoms with Crippen molar-refractivity contribution in [2.75, 3.05) is 20.1 Å². The van der Waals surface area contributed by atoms with Crippen molar-refractivity contribution in [3.05, 3.63) is 0 Å². The maximum atomic E-state index is 5.68. The van der Waals surface area contributed by atoms with Crippen molar-refractivity contribution < 1.29 is 0 Å². The molecule has 0 fully saturated rings. The molecule has 0 aliphatic rings. The number of hydrogen-bond acceptors (Lipinski definition) is 2. The first-order valence-electron chi connectivity index (χ1n) is 5.33. The highest BCUT2D eigenvalue weighted by Gasteiger charge is 2.17. The van der Waals surface area contributed by atoms with Crippen molar-refractivity contribution in [2.24, 2.45) is 11.1 Å². The molecule has 0 aliphatic carbocycles. The van der Waals surface area contributed by atoms with Crippen molar-refractivity contribution in [3.63, 3.8) is 0 Å². The normalized spacial score (nSPS) is 15.0. The van der Waals surface area contributed by atoms with Crippen LogP contribution < -0.4 is 5.73 Å². The molecule has 0 heterocycles. The Balaban J connectivity index is 3.75. The zero-order chi connectivity index (χ0) is 10.5. The van der Waals surface area contributed by atoms with Crippen LogP contribution in [0.5, 0.6) is 0 Å². The Morgan fingerprint density at radius 3 is 2.31 bits per heavy atom. The van der Waals surface area contributed by atoms with E-state index in [0.29, 0.717) is 11.5 Å². The predicted octanol–water partition coefficient (Wildman–Crippen LogP) is 2.09. The van der Waals surface area contributed by atoms with E-state index in [1.165, 1.54) is 12.8 Å². The van der Waals surface area contributed by atoms with Crippen LogP contribution in [-0.4, -0.2) is 31.1 Å². The highest BCUT2D eigenvalue weighted by atomic mass is 15.1. The summed E-state index contributed by atoms with van der Waals surface area (Å²) in [4.78, 5) is 2.41. The predicted molar refractivity (Wildman–Crippen MR) is 59.8 cm³/mol. The molecule has 1 unspecified atom stereocenters. The van der Waals surface area contributed by atoms with Gasteiger partial charge in [-0.1, -0.05) is 20.8 Å². The molecule has 0 radical (unpaired) electrons. The van der Waals surface area contributed by atoms with E-state index in [-0.39, 0.29) is 0 Å². The van der Waals surface area contributed by atoms with E-state index in [1.54, 1.807) is 0 Å². The third-order valence-corrected chi connectivity index (χ3v) is 3.04. The molecule has 0 amide bonds. The van der Waals surface area contributed by atoms with Crippen LogP contribution in [0.3, 0.4) is 0 Å². The van der Waals surface area contributed by atoms with E-state index in [1.807, 2.05) is 0 Å². The Hall–Kier alpha value is -0.0800. The first kappa shape index (κ1) is 12.9. The second kappa shape index (κ2) is 5.61. The Kier molecular flexibility index (Phi) is 5.57. The summed E-state index contributed by atoms with van der Waals surface area (Å²) in [5, 5.41) is 0. The van der Waals surface area contributed by atoms with E-state index in [2.05, 4.69) is 39.6 Å². The van der Waals surface area contributed by atoms with E-state index in [9.17, 15) is 0 Å². The summed E-state index contributed by atoms with van der Waals surface area (Å²) in [6.07, 6.45) is 2.41. The molecule has 13 heavy (non-hydrogen) atoms. The Morgan fingerprint density at radius 2 is 1.92 bits per heavy atom. The van der Waals surface area contributed by atoms with Gasteiger partial charge in [0.1, 0.15) is 0 Å². The van der Waals surface area contributed by atoms with Gasteiger partial charge in [-0.3, -0.25) is 0 Å². The van der Waals surface area contributed by atoms with Gasteiger partial charge in [-0.2, -0.15) is 0 Å². The van der Waals surface area contributed by atoms with Crippen LogP contribution in [-0.2, 0) is 0 Å². The summed E-state index contributed by atoms with van der Waals surface area (Å²) >= 11 is 0. The molecule has 0 aliphatic heterocycles. The third kappa shape index (κ3) is 5.27. The molecule has 80 valence electrons. The second-order valence-electron chi connectivity index (χ2n) is 4.86. The van der Waals surface area contributed by atoms with Gasteiger partial charge >= 0.3 is 0 Å². The Morgan fingerprint density at radius 1 is 1.38 bits per heavy atom. The SMILES string of the molecule is CCC(C)N(C)CCC(C)(C)CN. The van der Waals surface area contributed by atoms with Gasteiger partial charge < -0.3 is 10.6 Å². The van der Waals surface area contributed by atoms with Crippen molar-refractivity contribution >= 4 is 0 Å². The number of rotatable bonds is 6. The summed E-state index contributed by atoms with van der Waals surface area (Å²) in [5.74, 6) is 0. The van der Waals surface area contributed by atoms with E-state index in [4.69, 9.17) is 5.73 Å². The summed E-state index contributed by atoms with van der Waals surface area (Å²) in [7, 11) is 2.20. The molecule has 0 aromatic carbocycles. The van der Waals surface area contributed by atoms with Gasteiger partial charge in [-0.15, -0.1) is 0 Å². The molecule has 2 N–H and O–H groups in total. The minimum Gasteiger partial charge on any atom is -0.330 e. The van der Waals surface area contributed by atoms with E-state index < -0.39 is 0 Å². The smallest absolute Gasteiger partial charge is 0.00612 e. The monoisotopic (exact) mass is 186 g/mol. The largest absolute Gasteiger partial charge is 0.330 e. The fraction of sp³-hybridized carbons (Fsp3) is 1.00. The molecule has 0 saturated heterocycles. The lowest BCUT2D eigenvalue weighted by molar-refractivity contribution is 0.207. The number of hydrogen-bond donors (Lipinski definition) is 1. The zero-order valence-electron chi connectivity index (χ0n) is 9.93. The molecular formula is C11H26N2. The maximum absolute atomic E-state index is 5.68. The van der Waals surface area contributed by atoms with E-state index in [0.717, 1.165) is 13.1 Å². The molecule has 0 rings (SSSR count). The van der Waals surface area contributed by atoms with Crippen LogP contribution in [0.4, 0.5) is 0 Å². The van der Waals surface area contributed by atoms with E-state index >= 15 is 0 Å². The standard InChI is InChI=1S/C11H26N2/c1-6-10(2)13(5)8-7-11(3,4)9-12/h10H,6-9,12H2,1-5H3. The van der Waals surface area contributed by atoms with Crippen LogP contribution in [0.1, 0.15) is 40.5 Å². The number of nitrogens with zero attached hydrogens (tertiary/aromatic N) is 1. The molecular weight excluding hydrogens is 160 g/mol. The molecule has 0 bridgehead atoms. The van der Waals surface area contributed by atoms with Gasteiger partial charge in [-0.05, 0) is 45.3 Å². The molecule has 0 spiro atoms. The highest BCUT2D eigenvalue weighted by Crippen LogP contribution is 2.18. The lowest BCUT2D eigenvalue weighted by Gasteiger charge is -2.29. The van der Waals surface area contributed by atoms with Crippen LogP contribution in [0, 0.1) is 5.41 Å². The van der Waals surface area contributed by atoms with Gasteiger partial charge in [0.15, 0.2) is 0 Å². The van der Waals surface area contributed by atoms with Crippen molar-refractivity contribution in [1.82, 2.24) is 4.90 Å². The third-order valence-electron chi connectivity index (χ3n) is 3.04. The van der Waals surface area contributed by atoms with Gasteiger partial charge in [0.05, 0.1) is 0 Å². The van der Waals surface area contributed by atoms with Gasteiger partial charge in [0.2, 0.25) is 0 Å². The average Bonchev–Trinajstić information content (AvgIpc) is 2.13. The molecule has 0 saturated carbocycles. The second-order valence-corrected chi connectivity index (χ2v) is 4.86. The van der Waals surface area contributed by atoms with Crippen molar-refractivity contribution in [3.8, 4) is 0 Å². The molecule has 2 heteroatoms. The lowest BCUT2D eigenvalue weighted by atomic mass is 9.89. The first-order chi connectivity index (χ1) is 5.93. The molecule has 0 aromatic rings. The van der Waals surface area contributed by atoms with Crippen LogP contribution in [0.15, 0.2) is 0 Å². The molecule has 2 nitrogen and oxygen atoms in total. The van der Waals surface area contributed by atoms with Crippen molar-refractivity contribution in [2.45, 2.75) is 46.6 Å². The van der Waals surface area contributed by atoms with Gasteiger partial charge in [0, 0.05) is 6.04 Å². The fourth-order valence-electron chi connectivity index (χ4n) is 1.11. The first-order valence-corrected chi connectivity index (χ1v) is 5.33. The maximum Gasteiger partial charge on any atom is 0.00612 e. The van der Waals surface area contributed by atoms with Crippen LogP contribution >= 0.6 is 0 Å². The molecule has 0 aromatic heterocycles. The van der Waals surface area contributed by atoms with Gasteiger partial charge in [0.25, 0.3) is 0 Å². The van der Waals surface area contributed by atoms with Gasteiger partial charge in [-0.25, -0.2) is 0 Å². The summed E-state index contributed by atoms with van der Waals surface area (Å²) in [6.45, 7) is 10.9. The summed E-state index contributed by atoms with van der Waals surface area (Å²) in [6, 6.07) is 0.688. The minimum absolute atomic E-state index is 0.293. The van der Waals surface area contributed by atoms with Crippen molar-refractivity contribution in [1.29, 1.82) is 0 Å². The lowest BCUT2D eigenvalue weighted by Crippen LogP contribution is -2.34. The van der Waals surface area contributed by atoms with Crippen LogP contribution in [0.25, 0.3) is 0 Å².